The van der Waals surface area contributed by atoms with Gasteiger partial charge in [-0.3, -0.25) is 14.9 Å². The van der Waals surface area contributed by atoms with Crippen molar-refractivity contribution in [2.24, 2.45) is 0 Å². The van der Waals surface area contributed by atoms with E-state index in [1.54, 1.807) is 42.5 Å². The van der Waals surface area contributed by atoms with Crippen LogP contribution in [0.15, 0.2) is 42.5 Å². The molecule has 21 heavy (non-hydrogen) atoms. The van der Waals surface area contributed by atoms with Crippen molar-refractivity contribution in [3.05, 3.63) is 53.6 Å². The van der Waals surface area contributed by atoms with Gasteiger partial charge in [-0.15, -0.1) is 0 Å². The number of carbonyl (C=O) groups is 2. The molecular weight excluding hydrogens is 270 g/mol. The summed E-state index contributed by atoms with van der Waals surface area (Å²) in [6.45, 7) is 0. The van der Waals surface area contributed by atoms with E-state index in [0.717, 1.165) is 0 Å². The summed E-state index contributed by atoms with van der Waals surface area (Å²) in [6, 6.07) is 11.3. The van der Waals surface area contributed by atoms with Gasteiger partial charge in [0.1, 0.15) is 11.0 Å². The molecule has 0 bridgehead atoms. The minimum atomic E-state index is -0.543. The average molecular weight is 281 g/mol. The van der Waals surface area contributed by atoms with Crippen LogP contribution in [0.4, 0.5) is 5.69 Å². The number of hydrogen-bond acceptors (Lipinski definition) is 5. The Bertz CT molecular complexity index is 840. The summed E-state index contributed by atoms with van der Waals surface area (Å²) in [5, 5.41) is 12.5. The molecule has 0 spiro atoms. The van der Waals surface area contributed by atoms with E-state index in [-0.39, 0.29) is 5.56 Å². The molecule has 0 atom stereocenters. The maximum atomic E-state index is 12.1. The third kappa shape index (κ3) is 2.44. The van der Waals surface area contributed by atoms with Crippen LogP contribution in [0.25, 0.3) is 11.0 Å². The molecule has 0 unspecified atom stereocenters. The lowest BCUT2D eigenvalue weighted by atomic mass is 10.1. The van der Waals surface area contributed by atoms with Crippen LogP contribution in [-0.4, -0.2) is 27.2 Å². The number of aromatic nitrogens is 3. The maximum absolute atomic E-state index is 12.1. The summed E-state index contributed by atoms with van der Waals surface area (Å²) in [4.78, 5) is 24.1. The smallest absolute Gasteiger partial charge is 0.260 e. The van der Waals surface area contributed by atoms with Crippen LogP contribution in [0.3, 0.4) is 0 Å². The monoisotopic (exact) mass is 281 g/mol. The van der Waals surface area contributed by atoms with Gasteiger partial charge in [0.25, 0.3) is 11.8 Å². The highest BCUT2D eigenvalue weighted by atomic mass is 16.2. The molecule has 0 radical (unpaired) electrons. The van der Waals surface area contributed by atoms with Gasteiger partial charge in [-0.25, -0.2) is 0 Å². The van der Waals surface area contributed by atoms with Gasteiger partial charge in [-0.05, 0) is 30.3 Å². The van der Waals surface area contributed by atoms with Gasteiger partial charge in [-0.1, -0.05) is 12.1 Å². The fourth-order valence-electron chi connectivity index (χ4n) is 1.93. The molecule has 4 N–H and O–H groups in total. The third-order valence-corrected chi connectivity index (χ3v) is 3.01. The SMILES string of the molecule is Nc1ccccc1C(=O)NC(=O)c1ccc2n[nH]nc2c1. The first kappa shape index (κ1) is 12.8. The van der Waals surface area contributed by atoms with E-state index in [1.807, 2.05) is 0 Å². The summed E-state index contributed by atoms with van der Waals surface area (Å²) in [6.07, 6.45) is 0. The number of hydrogen-bond donors (Lipinski definition) is 3. The number of carbonyl (C=O) groups excluding carboxylic acids is 2. The number of amides is 2. The molecule has 104 valence electrons. The summed E-state index contributed by atoms with van der Waals surface area (Å²) in [5.74, 6) is -1.06. The summed E-state index contributed by atoms with van der Waals surface area (Å²) >= 11 is 0. The molecule has 1 aromatic heterocycles. The standard InChI is InChI=1S/C14H11N5O2/c15-10-4-2-1-3-9(10)14(21)16-13(20)8-5-6-11-12(7-8)18-19-17-11/h1-7H,15H2,(H,16,20,21)(H,17,18,19). The topological polar surface area (TPSA) is 114 Å². The van der Waals surface area contributed by atoms with Gasteiger partial charge >= 0.3 is 0 Å². The fraction of sp³-hybridized carbons (Fsp3) is 0. The Balaban J connectivity index is 1.82. The van der Waals surface area contributed by atoms with Crippen molar-refractivity contribution >= 4 is 28.5 Å². The minimum absolute atomic E-state index is 0.258. The maximum Gasteiger partial charge on any atom is 0.260 e. The predicted molar refractivity (Wildman–Crippen MR) is 76.5 cm³/mol. The number of aromatic amines is 1. The third-order valence-electron chi connectivity index (χ3n) is 3.01. The van der Waals surface area contributed by atoms with Gasteiger partial charge in [0.15, 0.2) is 0 Å². The van der Waals surface area contributed by atoms with Gasteiger partial charge < -0.3 is 5.73 Å². The molecule has 3 rings (SSSR count). The van der Waals surface area contributed by atoms with Crippen LogP contribution in [0.1, 0.15) is 20.7 Å². The van der Waals surface area contributed by atoms with Crippen molar-refractivity contribution in [1.29, 1.82) is 0 Å². The molecule has 7 nitrogen and oxygen atoms in total. The molecule has 0 fully saturated rings. The number of nitrogens with zero attached hydrogens (tertiary/aromatic N) is 2. The van der Waals surface area contributed by atoms with E-state index < -0.39 is 11.8 Å². The second-order valence-electron chi connectivity index (χ2n) is 4.40. The number of imide groups is 1. The van der Waals surface area contributed by atoms with E-state index in [9.17, 15) is 9.59 Å². The molecule has 0 aliphatic carbocycles. The normalized spacial score (nSPS) is 10.5. The Morgan fingerprint density at radius 1 is 1.00 bits per heavy atom. The van der Waals surface area contributed by atoms with E-state index in [4.69, 9.17) is 5.73 Å². The molecule has 7 heteroatoms. The first-order chi connectivity index (χ1) is 10.1. The second-order valence-corrected chi connectivity index (χ2v) is 4.40. The van der Waals surface area contributed by atoms with Crippen LogP contribution in [0.2, 0.25) is 0 Å². The lowest BCUT2D eigenvalue weighted by molar-refractivity contribution is 0.0850. The Morgan fingerprint density at radius 3 is 2.57 bits per heavy atom. The van der Waals surface area contributed by atoms with Gasteiger partial charge in [0.2, 0.25) is 0 Å². The van der Waals surface area contributed by atoms with Crippen LogP contribution in [-0.2, 0) is 0 Å². The van der Waals surface area contributed by atoms with E-state index >= 15 is 0 Å². The number of nitrogen functional groups attached to an aromatic ring is 1. The number of benzene rings is 2. The van der Waals surface area contributed by atoms with Crippen LogP contribution < -0.4 is 11.1 Å². The highest BCUT2D eigenvalue weighted by Gasteiger charge is 2.15. The molecule has 3 aromatic rings. The lowest BCUT2D eigenvalue weighted by Crippen LogP contribution is -2.30. The van der Waals surface area contributed by atoms with Crippen molar-refractivity contribution in [2.45, 2.75) is 0 Å². The molecular formula is C14H11N5O2. The van der Waals surface area contributed by atoms with E-state index in [2.05, 4.69) is 20.7 Å². The Morgan fingerprint density at radius 2 is 1.76 bits per heavy atom. The second kappa shape index (κ2) is 5.04. The van der Waals surface area contributed by atoms with Crippen molar-refractivity contribution in [2.75, 3.05) is 5.73 Å². The molecule has 0 saturated heterocycles. The molecule has 2 amide bonds. The Kier molecular flexibility index (Phi) is 3.07. The number of H-pyrrole nitrogens is 1. The van der Waals surface area contributed by atoms with Gasteiger partial charge in [-0.2, -0.15) is 15.4 Å². The zero-order chi connectivity index (χ0) is 14.8. The molecule has 0 aliphatic rings. The summed E-state index contributed by atoms with van der Waals surface area (Å²) < 4.78 is 0. The molecule has 1 heterocycles. The number of anilines is 1. The predicted octanol–water partition coefficient (Wildman–Crippen LogP) is 1.11. The largest absolute Gasteiger partial charge is 0.398 e. The highest BCUT2D eigenvalue weighted by molar-refractivity contribution is 6.12. The Hall–Kier alpha value is -3.22. The van der Waals surface area contributed by atoms with Gasteiger partial charge in [0, 0.05) is 11.3 Å². The lowest BCUT2D eigenvalue weighted by Gasteiger charge is -2.06. The van der Waals surface area contributed by atoms with Crippen LogP contribution in [0.5, 0.6) is 0 Å². The summed E-state index contributed by atoms with van der Waals surface area (Å²) in [7, 11) is 0. The van der Waals surface area contributed by atoms with E-state index in [1.165, 1.54) is 0 Å². The minimum Gasteiger partial charge on any atom is -0.398 e. The first-order valence-electron chi connectivity index (χ1n) is 6.16. The molecule has 0 saturated carbocycles. The number of nitrogens with one attached hydrogen (secondary N) is 2. The average Bonchev–Trinajstić information content (AvgIpc) is 2.94. The number of nitrogens with two attached hydrogens (primary N) is 1. The van der Waals surface area contributed by atoms with Crippen LogP contribution in [0, 0.1) is 0 Å². The van der Waals surface area contributed by atoms with Crippen molar-refractivity contribution in [3.63, 3.8) is 0 Å². The molecule has 2 aromatic carbocycles. The zero-order valence-corrected chi connectivity index (χ0v) is 10.8. The quantitative estimate of drug-likeness (QED) is 0.481. The Labute approximate surface area is 119 Å². The number of rotatable bonds is 2. The summed E-state index contributed by atoms with van der Waals surface area (Å²) in [5.41, 5.74) is 7.79. The van der Waals surface area contributed by atoms with Crippen molar-refractivity contribution in [1.82, 2.24) is 20.7 Å². The fourth-order valence-corrected chi connectivity index (χ4v) is 1.93. The van der Waals surface area contributed by atoms with Crippen LogP contribution >= 0.6 is 0 Å². The molecule has 0 aliphatic heterocycles. The number of fused-ring (bicyclic) bond motifs is 1. The van der Waals surface area contributed by atoms with Crippen molar-refractivity contribution < 1.29 is 9.59 Å². The van der Waals surface area contributed by atoms with Gasteiger partial charge in [0.05, 0.1) is 5.56 Å². The van der Waals surface area contributed by atoms with Crippen molar-refractivity contribution in [3.8, 4) is 0 Å². The zero-order valence-electron chi connectivity index (χ0n) is 10.8. The highest BCUT2D eigenvalue weighted by Crippen LogP contribution is 2.12. The van der Waals surface area contributed by atoms with E-state index in [0.29, 0.717) is 22.3 Å². The number of para-hydroxylation sites is 1. The first-order valence-corrected chi connectivity index (χ1v) is 6.16.